The van der Waals surface area contributed by atoms with Crippen LogP contribution in [0.3, 0.4) is 0 Å². The molecule has 3 heterocycles. The molecule has 25 heavy (non-hydrogen) atoms. The summed E-state index contributed by atoms with van der Waals surface area (Å²) in [5.41, 5.74) is 1.47. The van der Waals surface area contributed by atoms with Gasteiger partial charge >= 0.3 is 0 Å². The zero-order valence-electron chi connectivity index (χ0n) is 14.8. The highest BCUT2D eigenvalue weighted by Crippen LogP contribution is 2.27. The lowest BCUT2D eigenvalue weighted by Gasteiger charge is -2.32. The predicted molar refractivity (Wildman–Crippen MR) is 92.0 cm³/mol. The second kappa shape index (κ2) is 7.01. The maximum atomic E-state index is 12.8. The number of nitriles is 1. The Hall–Kier alpha value is -2.75. The Labute approximate surface area is 147 Å². The van der Waals surface area contributed by atoms with Crippen LogP contribution in [0, 0.1) is 18.3 Å². The van der Waals surface area contributed by atoms with Crippen LogP contribution >= 0.6 is 0 Å². The van der Waals surface area contributed by atoms with E-state index in [9.17, 15) is 4.79 Å². The number of rotatable bonds is 3. The number of pyridine rings is 1. The van der Waals surface area contributed by atoms with Gasteiger partial charge in [-0.3, -0.25) is 4.79 Å². The Balaban J connectivity index is 1.79. The van der Waals surface area contributed by atoms with Crippen molar-refractivity contribution in [2.75, 3.05) is 13.1 Å². The summed E-state index contributed by atoms with van der Waals surface area (Å²) < 4.78 is 2.07. The largest absolute Gasteiger partial charge is 0.337 e. The number of hydrogen-bond acceptors (Lipinski definition) is 5. The molecule has 0 aliphatic carbocycles. The van der Waals surface area contributed by atoms with E-state index >= 15 is 0 Å². The third kappa shape index (κ3) is 3.38. The summed E-state index contributed by atoms with van der Waals surface area (Å²) in [4.78, 5) is 19.0. The molecule has 2 aromatic heterocycles. The van der Waals surface area contributed by atoms with Gasteiger partial charge in [0, 0.05) is 25.0 Å². The maximum absolute atomic E-state index is 12.8. The fourth-order valence-corrected chi connectivity index (χ4v) is 3.27. The SMILES string of the molecule is Cc1nc(C(=O)N2CCC[C@H](c3nncn3C(C)C)C2)ccc1C#N. The molecule has 1 aliphatic heterocycles. The standard InChI is InChI=1S/C18H22N6O/c1-12(2)24-11-20-22-17(24)15-5-4-8-23(10-15)18(25)16-7-6-14(9-19)13(3)21-16/h6-7,11-12,15H,4-5,8,10H2,1-3H3/t15-/m0/s1. The quantitative estimate of drug-likeness (QED) is 0.858. The number of nitrogens with zero attached hydrogens (tertiary/aromatic N) is 6. The van der Waals surface area contributed by atoms with Gasteiger partial charge in [-0.15, -0.1) is 10.2 Å². The average molecular weight is 338 g/mol. The van der Waals surface area contributed by atoms with E-state index in [2.05, 4.69) is 39.7 Å². The van der Waals surface area contributed by atoms with Crippen molar-refractivity contribution >= 4 is 5.91 Å². The number of amides is 1. The number of carbonyl (C=O) groups excluding carboxylic acids is 1. The van der Waals surface area contributed by atoms with Crippen molar-refractivity contribution in [1.82, 2.24) is 24.6 Å². The third-order valence-electron chi connectivity index (χ3n) is 4.66. The van der Waals surface area contributed by atoms with Gasteiger partial charge in [-0.05, 0) is 45.7 Å². The summed E-state index contributed by atoms with van der Waals surface area (Å²) in [6.45, 7) is 7.28. The first-order valence-corrected chi connectivity index (χ1v) is 8.57. The van der Waals surface area contributed by atoms with E-state index in [-0.39, 0.29) is 11.8 Å². The minimum Gasteiger partial charge on any atom is -0.337 e. The zero-order valence-corrected chi connectivity index (χ0v) is 14.8. The fourth-order valence-electron chi connectivity index (χ4n) is 3.27. The monoisotopic (exact) mass is 338 g/mol. The van der Waals surface area contributed by atoms with Gasteiger partial charge in [0.15, 0.2) is 0 Å². The van der Waals surface area contributed by atoms with Crippen molar-refractivity contribution in [3.63, 3.8) is 0 Å². The second-order valence-electron chi connectivity index (χ2n) is 6.72. The highest BCUT2D eigenvalue weighted by Gasteiger charge is 2.29. The van der Waals surface area contributed by atoms with Crippen LogP contribution in [0.15, 0.2) is 18.5 Å². The van der Waals surface area contributed by atoms with Gasteiger partial charge in [-0.2, -0.15) is 5.26 Å². The van der Waals surface area contributed by atoms with E-state index in [1.807, 2.05) is 4.90 Å². The summed E-state index contributed by atoms with van der Waals surface area (Å²) in [5.74, 6) is 1.03. The van der Waals surface area contributed by atoms with E-state index in [0.717, 1.165) is 18.7 Å². The van der Waals surface area contributed by atoms with E-state index in [1.165, 1.54) is 0 Å². The van der Waals surface area contributed by atoms with Gasteiger partial charge in [-0.25, -0.2) is 4.98 Å². The van der Waals surface area contributed by atoms with Gasteiger partial charge in [-0.1, -0.05) is 0 Å². The molecular formula is C18H22N6O. The lowest BCUT2D eigenvalue weighted by atomic mass is 9.96. The van der Waals surface area contributed by atoms with Crippen molar-refractivity contribution in [3.8, 4) is 6.07 Å². The van der Waals surface area contributed by atoms with Crippen molar-refractivity contribution < 1.29 is 4.79 Å². The summed E-state index contributed by atoms with van der Waals surface area (Å²) in [6.07, 6.45) is 3.68. The molecule has 1 fully saturated rings. The molecule has 0 saturated carbocycles. The smallest absolute Gasteiger partial charge is 0.272 e. The normalized spacial score (nSPS) is 17.6. The number of aromatic nitrogens is 4. The fraction of sp³-hybridized carbons (Fsp3) is 0.500. The molecule has 130 valence electrons. The van der Waals surface area contributed by atoms with Gasteiger partial charge in [0.25, 0.3) is 5.91 Å². The van der Waals surface area contributed by atoms with Crippen molar-refractivity contribution in [3.05, 3.63) is 41.2 Å². The van der Waals surface area contributed by atoms with Crippen LogP contribution < -0.4 is 0 Å². The Kier molecular flexibility index (Phi) is 4.79. The Morgan fingerprint density at radius 1 is 1.40 bits per heavy atom. The molecule has 2 aromatic rings. The molecule has 7 heteroatoms. The number of piperidine rings is 1. The molecule has 1 amide bonds. The molecule has 1 atom stereocenters. The van der Waals surface area contributed by atoms with E-state index < -0.39 is 0 Å². The topological polar surface area (TPSA) is 87.7 Å². The van der Waals surface area contributed by atoms with Crippen molar-refractivity contribution in [2.24, 2.45) is 0 Å². The van der Waals surface area contributed by atoms with Gasteiger partial charge < -0.3 is 9.47 Å². The summed E-state index contributed by atoms with van der Waals surface area (Å²) >= 11 is 0. The number of likely N-dealkylation sites (tertiary alicyclic amines) is 1. The molecule has 1 aliphatic rings. The van der Waals surface area contributed by atoms with Crippen LogP contribution in [0.4, 0.5) is 0 Å². The highest BCUT2D eigenvalue weighted by molar-refractivity contribution is 5.92. The summed E-state index contributed by atoms with van der Waals surface area (Å²) in [7, 11) is 0. The van der Waals surface area contributed by atoms with E-state index in [1.54, 1.807) is 25.4 Å². The molecule has 0 bridgehead atoms. The van der Waals surface area contributed by atoms with Crippen LogP contribution in [-0.2, 0) is 0 Å². The molecule has 0 radical (unpaired) electrons. The number of carbonyl (C=O) groups is 1. The van der Waals surface area contributed by atoms with Crippen LogP contribution in [0.1, 0.15) is 66.2 Å². The second-order valence-corrected chi connectivity index (χ2v) is 6.72. The maximum Gasteiger partial charge on any atom is 0.272 e. The third-order valence-corrected chi connectivity index (χ3v) is 4.66. The lowest BCUT2D eigenvalue weighted by molar-refractivity contribution is 0.0696. The molecular weight excluding hydrogens is 316 g/mol. The molecule has 0 N–H and O–H groups in total. The Morgan fingerprint density at radius 3 is 2.88 bits per heavy atom. The first-order valence-electron chi connectivity index (χ1n) is 8.57. The first-order chi connectivity index (χ1) is 12.0. The first kappa shape index (κ1) is 17.1. The van der Waals surface area contributed by atoms with E-state index in [0.29, 0.717) is 36.1 Å². The van der Waals surface area contributed by atoms with Gasteiger partial charge in [0.05, 0.1) is 11.3 Å². The molecule has 0 aromatic carbocycles. The van der Waals surface area contributed by atoms with Crippen LogP contribution in [0.25, 0.3) is 0 Å². The Morgan fingerprint density at radius 2 is 2.20 bits per heavy atom. The van der Waals surface area contributed by atoms with Crippen LogP contribution in [0.2, 0.25) is 0 Å². The van der Waals surface area contributed by atoms with Gasteiger partial charge in [0.2, 0.25) is 0 Å². The van der Waals surface area contributed by atoms with Crippen LogP contribution in [-0.4, -0.2) is 43.6 Å². The minimum absolute atomic E-state index is 0.0899. The number of aryl methyl sites for hydroxylation is 1. The molecule has 0 unspecified atom stereocenters. The minimum atomic E-state index is -0.0899. The molecule has 1 saturated heterocycles. The summed E-state index contributed by atoms with van der Waals surface area (Å²) in [5, 5.41) is 17.3. The predicted octanol–water partition coefficient (Wildman–Crippen LogP) is 2.45. The average Bonchev–Trinajstić information content (AvgIpc) is 3.11. The van der Waals surface area contributed by atoms with E-state index in [4.69, 9.17) is 5.26 Å². The zero-order chi connectivity index (χ0) is 18.0. The van der Waals surface area contributed by atoms with Crippen molar-refractivity contribution in [2.45, 2.75) is 45.6 Å². The Bertz CT molecular complexity index is 819. The molecule has 7 nitrogen and oxygen atoms in total. The van der Waals surface area contributed by atoms with Gasteiger partial charge in [0.1, 0.15) is 23.9 Å². The van der Waals surface area contributed by atoms with Crippen LogP contribution in [0.5, 0.6) is 0 Å². The highest BCUT2D eigenvalue weighted by atomic mass is 16.2. The number of hydrogen-bond donors (Lipinski definition) is 0. The van der Waals surface area contributed by atoms with Crippen molar-refractivity contribution in [1.29, 1.82) is 5.26 Å². The summed E-state index contributed by atoms with van der Waals surface area (Å²) in [6, 6.07) is 5.66. The lowest BCUT2D eigenvalue weighted by Crippen LogP contribution is -2.40. The molecule has 3 rings (SSSR count). The molecule has 0 spiro atoms.